The quantitative estimate of drug-likeness (QED) is 0.642. The van der Waals surface area contributed by atoms with Crippen LogP contribution in [0.25, 0.3) is 0 Å². The molecule has 25 heavy (non-hydrogen) atoms. The first-order chi connectivity index (χ1) is 12.1. The lowest BCUT2D eigenvalue weighted by atomic mass is 9.82. The van der Waals surface area contributed by atoms with Gasteiger partial charge < -0.3 is 10.4 Å². The van der Waals surface area contributed by atoms with Crippen LogP contribution in [0.4, 0.5) is 5.00 Å². The normalized spacial score (nSPS) is 29.7. The fourth-order valence-electron chi connectivity index (χ4n) is 4.66. The minimum Gasteiger partial charge on any atom is -0.481 e. The molecular weight excluding hydrogens is 336 g/mol. The van der Waals surface area contributed by atoms with E-state index in [2.05, 4.69) is 11.4 Å². The minimum absolute atomic E-state index is 0.00516. The molecule has 1 aromatic rings. The molecule has 1 amide bonds. The largest absolute Gasteiger partial charge is 0.481 e. The van der Waals surface area contributed by atoms with Crippen LogP contribution in [0.5, 0.6) is 0 Å². The molecule has 0 unspecified atom stereocenters. The van der Waals surface area contributed by atoms with Crippen molar-refractivity contribution in [3.63, 3.8) is 0 Å². The van der Waals surface area contributed by atoms with Crippen LogP contribution in [0.2, 0.25) is 0 Å². The number of aliphatic carboxylic acids is 1. The van der Waals surface area contributed by atoms with Crippen LogP contribution in [0, 0.1) is 35.0 Å². The molecule has 2 bridgehead atoms. The maximum absolute atomic E-state index is 12.9. The Kier molecular flexibility index (Phi) is 4.12. The second-order valence-corrected chi connectivity index (χ2v) is 8.31. The summed E-state index contributed by atoms with van der Waals surface area (Å²) in [6.07, 6.45) is 9.85. The van der Waals surface area contributed by atoms with Crippen LogP contribution in [-0.4, -0.2) is 17.0 Å². The Hall–Kier alpha value is -2.13. The van der Waals surface area contributed by atoms with Gasteiger partial charge in [-0.3, -0.25) is 9.59 Å². The zero-order valence-corrected chi connectivity index (χ0v) is 14.6. The van der Waals surface area contributed by atoms with E-state index in [4.69, 9.17) is 0 Å². The first kappa shape index (κ1) is 16.3. The molecule has 130 valence electrons. The van der Waals surface area contributed by atoms with Crippen LogP contribution < -0.4 is 5.32 Å². The number of nitrogens with zero attached hydrogens (tertiary/aromatic N) is 1. The first-order valence-corrected chi connectivity index (χ1v) is 9.68. The minimum atomic E-state index is -0.903. The zero-order valence-electron chi connectivity index (χ0n) is 13.8. The van der Waals surface area contributed by atoms with E-state index < -0.39 is 17.8 Å². The molecule has 1 fully saturated rings. The summed E-state index contributed by atoms with van der Waals surface area (Å²) in [5, 5.41) is 22.6. The molecule has 0 aliphatic heterocycles. The molecule has 4 rings (SSSR count). The number of thiophene rings is 1. The summed E-state index contributed by atoms with van der Waals surface area (Å²) >= 11 is 1.50. The number of nitrogens with one attached hydrogen (secondary N) is 1. The molecule has 1 aromatic heterocycles. The lowest BCUT2D eigenvalue weighted by Gasteiger charge is -2.23. The number of rotatable bonds is 3. The molecule has 0 saturated heterocycles. The summed E-state index contributed by atoms with van der Waals surface area (Å²) in [4.78, 5) is 25.7. The number of carbonyl (C=O) groups is 2. The smallest absolute Gasteiger partial charge is 0.307 e. The Morgan fingerprint density at radius 2 is 1.88 bits per heavy atom. The van der Waals surface area contributed by atoms with Crippen molar-refractivity contribution in [2.24, 2.45) is 23.7 Å². The first-order valence-electron chi connectivity index (χ1n) is 8.86. The summed E-state index contributed by atoms with van der Waals surface area (Å²) in [5.41, 5.74) is 1.67. The number of hydrogen-bond acceptors (Lipinski definition) is 4. The third kappa shape index (κ3) is 2.67. The van der Waals surface area contributed by atoms with E-state index in [1.807, 2.05) is 12.2 Å². The maximum Gasteiger partial charge on any atom is 0.307 e. The second kappa shape index (κ2) is 6.30. The standard InChI is InChI=1S/C19H20N2O3S/c20-9-13-12-4-2-1-3-5-14(12)25-18(13)21-17(22)15-10-6-7-11(8-10)16(15)19(23)24/h6-7,10-11,15-16H,1-5,8H2,(H,21,22)(H,23,24)/t10-,11+,15-,16+/m1/s1. The second-order valence-electron chi connectivity index (χ2n) is 7.21. The number of carbonyl (C=O) groups excluding carboxylic acids is 1. The van der Waals surface area contributed by atoms with Crippen LogP contribution >= 0.6 is 11.3 Å². The van der Waals surface area contributed by atoms with E-state index >= 15 is 0 Å². The van der Waals surface area contributed by atoms with Gasteiger partial charge in [0.2, 0.25) is 5.91 Å². The van der Waals surface area contributed by atoms with Crippen molar-refractivity contribution in [1.29, 1.82) is 5.26 Å². The number of nitriles is 1. The molecule has 5 nitrogen and oxygen atoms in total. The Balaban J connectivity index is 1.60. The third-order valence-corrected chi connectivity index (χ3v) is 7.02. The Bertz CT molecular complexity index is 804. The summed E-state index contributed by atoms with van der Waals surface area (Å²) < 4.78 is 0. The highest BCUT2D eigenvalue weighted by Gasteiger charge is 2.51. The number of hydrogen-bond donors (Lipinski definition) is 2. The van der Waals surface area contributed by atoms with E-state index in [0.717, 1.165) is 37.7 Å². The predicted octanol–water partition coefficient (Wildman–Crippen LogP) is 3.35. The van der Waals surface area contributed by atoms with Crippen molar-refractivity contribution >= 4 is 28.2 Å². The van der Waals surface area contributed by atoms with E-state index in [9.17, 15) is 20.0 Å². The number of fused-ring (bicyclic) bond motifs is 3. The summed E-state index contributed by atoms with van der Waals surface area (Å²) in [7, 11) is 0. The van der Waals surface area contributed by atoms with Crippen molar-refractivity contribution in [3.8, 4) is 6.07 Å². The molecular formula is C19H20N2O3S. The molecule has 4 atom stereocenters. The lowest BCUT2D eigenvalue weighted by Crippen LogP contribution is -2.36. The lowest BCUT2D eigenvalue weighted by molar-refractivity contribution is -0.146. The van der Waals surface area contributed by atoms with Gasteiger partial charge in [0.1, 0.15) is 11.1 Å². The van der Waals surface area contributed by atoms with Gasteiger partial charge in [-0.15, -0.1) is 11.3 Å². The molecule has 6 heteroatoms. The zero-order chi connectivity index (χ0) is 17.6. The highest BCUT2D eigenvalue weighted by Crippen LogP contribution is 2.49. The van der Waals surface area contributed by atoms with Gasteiger partial charge in [-0.2, -0.15) is 5.26 Å². The van der Waals surface area contributed by atoms with Crippen molar-refractivity contribution in [2.75, 3.05) is 5.32 Å². The van der Waals surface area contributed by atoms with Gasteiger partial charge in [0.25, 0.3) is 0 Å². The van der Waals surface area contributed by atoms with Gasteiger partial charge in [-0.25, -0.2) is 0 Å². The summed E-state index contributed by atoms with van der Waals surface area (Å²) in [5.74, 6) is -2.40. The molecule has 0 spiro atoms. The van der Waals surface area contributed by atoms with E-state index in [1.54, 1.807) is 0 Å². The van der Waals surface area contributed by atoms with Crippen LogP contribution in [0.15, 0.2) is 12.2 Å². The van der Waals surface area contributed by atoms with Crippen molar-refractivity contribution < 1.29 is 14.7 Å². The van der Waals surface area contributed by atoms with Gasteiger partial charge in [-0.1, -0.05) is 18.6 Å². The molecule has 3 aliphatic carbocycles. The maximum atomic E-state index is 12.9. The van der Waals surface area contributed by atoms with Gasteiger partial charge in [-0.05, 0) is 49.5 Å². The number of anilines is 1. The van der Waals surface area contributed by atoms with Gasteiger partial charge in [0.05, 0.1) is 17.4 Å². The number of carboxylic acids is 1. The van der Waals surface area contributed by atoms with Gasteiger partial charge in [0, 0.05) is 4.88 Å². The predicted molar refractivity (Wildman–Crippen MR) is 94.3 cm³/mol. The Morgan fingerprint density at radius 1 is 1.16 bits per heavy atom. The Morgan fingerprint density at radius 3 is 2.60 bits per heavy atom. The number of carboxylic acid groups (broad SMARTS) is 1. The van der Waals surface area contributed by atoms with Gasteiger partial charge >= 0.3 is 5.97 Å². The van der Waals surface area contributed by atoms with Crippen molar-refractivity contribution in [3.05, 3.63) is 28.2 Å². The number of allylic oxidation sites excluding steroid dienone is 2. The molecule has 0 aromatic carbocycles. The third-order valence-electron chi connectivity index (χ3n) is 5.82. The van der Waals surface area contributed by atoms with E-state index in [-0.39, 0.29) is 17.7 Å². The SMILES string of the molecule is N#Cc1c(NC(=O)[C@H]2[C@@H](C(=O)O)[C@H]3C=C[C@@H]2C3)sc2c1CCCCC2. The molecule has 1 saturated carbocycles. The highest BCUT2D eigenvalue weighted by atomic mass is 32.1. The number of amides is 1. The van der Waals surface area contributed by atoms with Crippen molar-refractivity contribution in [1.82, 2.24) is 0 Å². The van der Waals surface area contributed by atoms with E-state index in [1.165, 1.54) is 22.6 Å². The topological polar surface area (TPSA) is 90.2 Å². The fourth-order valence-corrected chi connectivity index (χ4v) is 5.90. The average Bonchev–Trinajstić information content (AvgIpc) is 3.23. The average molecular weight is 356 g/mol. The fraction of sp³-hybridized carbons (Fsp3) is 0.526. The van der Waals surface area contributed by atoms with Crippen LogP contribution in [0.3, 0.4) is 0 Å². The van der Waals surface area contributed by atoms with Crippen LogP contribution in [0.1, 0.15) is 41.7 Å². The molecule has 1 heterocycles. The molecule has 2 N–H and O–H groups in total. The van der Waals surface area contributed by atoms with Gasteiger partial charge in [0.15, 0.2) is 0 Å². The number of aryl methyl sites for hydroxylation is 1. The van der Waals surface area contributed by atoms with E-state index in [0.29, 0.717) is 10.6 Å². The summed E-state index contributed by atoms with van der Waals surface area (Å²) in [6, 6.07) is 2.26. The van der Waals surface area contributed by atoms with Crippen LogP contribution in [-0.2, 0) is 22.4 Å². The molecule has 3 aliphatic rings. The monoisotopic (exact) mass is 356 g/mol. The summed E-state index contributed by atoms with van der Waals surface area (Å²) in [6.45, 7) is 0. The highest BCUT2D eigenvalue weighted by molar-refractivity contribution is 7.16. The van der Waals surface area contributed by atoms with Crippen molar-refractivity contribution in [2.45, 2.75) is 38.5 Å². The Labute approximate surface area is 150 Å². The molecule has 0 radical (unpaired) electrons.